The average molecular weight is 481 g/mol. The Morgan fingerprint density at radius 1 is 0.861 bits per heavy atom. The van der Waals surface area contributed by atoms with Crippen LogP contribution >= 0.6 is 0 Å². The summed E-state index contributed by atoms with van der Waals surface area (Å²) in [7, 11) is 3.54. The van der Waals surface area contributed by atoms with Crippen LogP contribution in [0.3, 0.4) is 0 Å². The maximum atomic E-state index is 13.0. The van der Waals surface area contributed by atoms with Crippen LogP contribution in [0.2, 0.25) is 0 Å². The lowest BCUT2D eigenvalue weighted by Crippen LogP contribution is -2.33. The normalized spacial score (nSPS) is 17.0. The number of hydrogen-bond acceptors (Lipinski definition) is 7. The molecule has 7 heteroatoms. The van der Waals surface area contributed by atoms with Gasteiger partial charge in [0.2, 0.25) is 0 Å². The number of methoxy groups -OCH3 is 1. The standard InChI is InChI=1S/C29H24N2O5/c1-31(19-9-7-18(30)8-10-19)20-11-13-24-26(15-20)35-27-16-21(34-17-33-2)12-14-25(27)29(24)23-6-4-3-5-22(23)28(32)36-29/h3-16H,17,30H2,1-2H3. The summed E-state index contributed by atoms with van der Waals surface area (Å²) in [5.74, 6) is 1.36. The first-order chi connectivity index (χ1) is 17.5. The summed E-state index contributed by atoms with van der Waals surface area (Å²) in [5, 5.41) is 0. The zero-order valence-corrected chi connectivity index (χ0v) is 19.9. The molecule has 0 aliphatic carbocycles. The summed E-state index contributed by atoms with van der Waals surface area (Å²) in [6.07, 6.45) is 0. The van der Waals surface area contributed by atoms with Crippen molar-refractivity contribution in [3.8, 4) is 17.2 Å². The second-order valence-electron chi connectivity index (χ2n) is 8.76. The number of esters is 1. The molecule has 7 nitrogen and oxygen atoms in total. The molecular formula is C29H24N2O5. The number of nitrogen functional groups attached to an aromatic ring is 1. The van der Waals surface area contributed by atoms with Crippen LogP contribution in [0.25, 0.3) is 0 Å². The van der Waals surface area contributed by atoms with Crippen LogP contribution in [0.15, 0.2) is 84.9 Å². The van der Waals surface area contributed by atoms with E-state index in [2.05, 4.69) is 0 Å². The molecule has 0 bridgehead atoms. The van der Waals surface area contributed by atoms with Crippen molar-refractivity contribution in [2.24, 2.45) is 0 Å². The highest BCUT2D eigenvalue weighted by atomic mass is 16.7. The average Bonchev–Trinajstić information content (AvgIpc) is 3.20. The van der Waals surface area contributed by atoms with Crippen molar-refractivity contribution >= 4 is 23.0 Å². The Bertz CT molecular complexity index is 1480. The molecule has 1 unspecified atom stereocenters. The SMILES string of the molecule is COCOc1ccc2c(c1)Oc1cc(N(C)c3ccc(N)cc3)ccc1C21OC(=O)c2ccccc21. The van der Waals surface area contributed by atoms with E-state index in [0.29, 0.717) is 28.5 Å². The molecule has 0 saturated carbocycles. The van der Waals surface area contributed by atoms with Crippen LogP contribution in [-0.4, -0.2) is 26.9 Å². The minimum absolute atomic E-state index is 0.106. The van der Waals surface area contributed by atoms with Crippen LogP contribution in [-0.2, 0) is 15.1 Å². The molecule has 4 aromatic carbocycles. The van der Waals surface area contributed by atoms with Gasteiger partial charge in [-0.15, -0.1) is 0 Å². The van der Waals surface area contributed by atoms with Gasteiger partial charge in [0, 0.05) is 60.0 Å². The largest absolute Gasteiger partial charge is 0.467 e. The lowest BCUT2D eigenvalue weighted by atomic mass is 9.77. The van der Waals surface area contributed by atoms with E-state index in [1.54, 1.807) is 19.2 Å². The first kappa shape index (κ1) is 22.0. The minimum Gasteiger partial charge on any atom is -0.467 e. The van der Waals surface area contributed by atoms with Crippen LogP contribution in [0.4, 0.5) is 17.1 Å². The van der Waals surface area contributed by atoms with Crippen molar-refractivity contribution in [1.29, 1.82) is 0 Å². The molecule has 0 radical (unpaired) electrons. The van der Waals surface area contributed by atoms with Crippen LogP contribution in [0, 0.1) is 0 Å². The van der Waals surface area contributed by atoms with Gasteiger partial charge in [-0.05, 0) is 54.6 Å². The van der Waals surface area contributed by atoms with E-state index < -0.39 is 5.60 Å². The fraction of sp³-hybridized carbons (Fsp3) is 0.138. The van der Waals surface area contributed by atoms with Gasteiger partial charge in [-0.3, -0.25) is 0 Å². The van der Waals surface area contributed by atoms with Gasteiger partial charge in [-0.1, -0.05) is 18.2 Å². The van der Waals surface area contributed by atoms with Crippen molar-refractivity contribution in [1.82, 2.24) is 0 Å². The predicted octanol–water partition coefficient (Wildman–Crippen LogP) is 5.59. The molecule has 0 amide bonds. The summed E-state index contributed by atoms with van der Waals surface area (Å²) in [6, 6.07) is 26.5. The fourth-order valence-electron chi connectivity index (χ4n) is 4.92. The third-order valence-corrected chi connectivity index (χ3v) is 6.68. The van der Waals surface area contributed by atoms with Crippen molar-refractivity contribution in [2.75, 3.05) is 31.6 Å². The van der Waals surface area contributed by atoms with E-state index in [0.717, 1.165) is 28.1 Å². The van der Waals surface area contributed by atoms with Gasteiger partial charge in [-0.25, -0.2) is 4.79 Å². The lowest BCUT2D eigenvalue weighted by Gasteiger charge is -2.37. The molecule has 4 aromatic rings. The highest BCUT2D eigenvalue weighted by Gasteiger charge is 2.53. The number of fused-ring (bicyclic) bond motifs is 6. The van der Waals surface area contributed by atoms with Crippen molar-refractivity contribution < 1.29 is 23.7 Å². The Balaban J connectivity index is 1.52. The van der Waals surface area contributed by atoms with Crippen molar-refractivity contribution in [2.45, 2.75) is 5.60 Å². The highest BCUT2D eigenvalue weighted by Crippen LogP contribution is 2.57. The monoisotopic (exact) mass is 480 g/mol. The van der Waals surface area contributed by atoms with Gasteiger partial charge >= 0.3 is 5.97 Å². The third kappa shape index (κ3) is 3.28. The molecular weight excluding hydrogens is 456 g/mol. The molecule has 36 heavy (non-hydrogen) atoms. The third-order valence-electron chi connectivity index (χ3n) is 6.68. The number of nitrogens with zero attached hydrogens (tertiary/aromatic N) is 1. The Morgan fingerprint density at radius 2 is 1.56 bits per heavy atom. The van der Waals surface area contributed by atoms with Gasteiger partial charge in [0.1, 0.15) is 17.2 Å². The molecule has 2 N–H and O–H groups in total. The minimum atomic E-state index is -1.13. The zero-order valence-electron chi connectivity index (χ0n) is 19.9. The molecule has 1 atom stereocenters. The summed E-state index contributed by atoms with van der Waals surface area (Å²) in [6.45, 7) is 0.106. The molecule has 0 aromatic heterocycles. The summed E-state index contributed by atoms with van der Waals surface area (Å²) >= 11 is 0. The zero-order chi connectivity index (χ0) is 24.9. The van der Waals surface area contributed by atoms with Crippen LogP contribution in [0.5, 0.6) is 17.2 Å². The van der Waals surface area contributed by atoms with E-state index >= 15 is 0 Å². The molecule has 0 saturated heterocycles. The Morgan fingerprint density at radius 3 is 2.33 bits per heavy atom. The highest BCUT2D eigenvalue weighted by molar-refractivity contribution is 5.97. The quantitative estimate of drug-likeness (QED) is 0.227. The first-order valence-corrected chi connectivity index (χ1v) is 11.5. The molecule has 2 heterocycles. The number of benzene rings is 4. The number of carbonyl (C=O) groups is 1. The molecule has 180 valence electrons. The number of nitrogens with two attached hydrogens (primary N) is 1. The summed E-state index contributed by atoms with van der Waals surface area (Å²) < 4.78 is 23.3. The topological polar surface area (TPSA) is 83.2 Å². The van der Waals surface area contributed by atoms with Crippen molar-refractivity contribution in [3.63, 3.8) is 0 Å². The van der Waals surface area contributed by atoms with Crippen LogP contribution in [0.1, 0.15) is 27.0 Å². The number of rotatable bonds is 5. The second-order valence-corrected chi connectivity index (χ2v) is 8.76. The number of anilines is 3. The van der Waals surface area contributed by atoms with Crippen LogP contribution < -0.4 is 20.1 Å². The first-order valence-electron chi connectivity index (χ1n) is 11.5. The molecule has 1 spiro atoms. The molecule has 2 aliphatic rings. The molecule has 0 fully saturated rings. The van der Waals surface area contributed by atoms with E-state index in [9.17, 15) is 4.79 Å². The van der Waals surface area contributed by atoms with Gasteiger partial charge in [0.25, 0.3) is 0 Å². The Hall–Kier alpha value is -4.49. The van der Waals surface area contributed by atoms with E-state index in [1.807, 2.05) is 84.7 Å². The summed E-state index contributed by atoms with van der Waals surface area (Å²) in [4.78, 5) is 15.1. The number of hydrogen-bond donors (Lipinski definition) is 1. The predicted molar refractivity (Wildman–Crippen MR) is 136 cm³/mol. The van der Waals surface area contributed by atoms with E-state index in [4.69, 9.17) is 24.7 Å². The second kappa shape index (κ2) is 8.32. The van der Waals surface area contributed by atoms with E-state index in [1.165, 1.54) is 0 Å². The Kier molecular flexibility index (Phi) is 5.09. The smallest absolute Gasteiger partial charge is 0.340 e. The van der Waals surface area contributed by atoms with Gasteiger partial charge in [-0.2, -0.15) is 0 Å². The summed E-state index contributed by atoms with van der Waals surface area (Å²) in [5.41, 5.74) is 10.1. The van der Waals surface area contributed by atoms with Gasteiger partial charge < -0.3 is 29.6 Å². The fourth-order valence-corrected chi connectivity index (χ4v) is 4.92. The molecule has 2 aliphatic heterocycles. The van der Waals surface area contributed by atoms with Crippen molar-refractivity contribution in [3.05, 3.63) is 107 Å². The Labute approximate surface area is 208 Å². The lowest BCUT2D eigenvalue weighted by molar-refractivity contribution is 0.0223. The number of ether oxygens (including phenoxy) is 4. The maximum absolute atomic E-state index is 13.0. The molecule has 6 rings (SSSR count). The van der Waals surface area contributed by atoms with Gasteiger partial charge in [0.15, 0.2) is 12.4 Å². The maximum Gasteiger partial charge on any atom is 0.340 e. The number of carbonyl (C=O) groups excluding carboxylic acids is 1. The van der Waals surface area contributed by atoms with E-state index in [-0.39, 0.29) is 12.8 Å². The van der Waals surface area contributed by atoms with Gasteiger partial charge in [0.05, 0.1) is 5.56 Å².